The second-order valence-electron chi connectivity index (χ2n) is 1.78. The molecule has 0 aliphatic heterocycles. The lowest BCUT2D eigenvalue weighted by Gasteiger charge is -1.88. The zero-order chi connectivity index (χ0) is 7.72. The minimum atomic E-state index is 0.164. The monoisotopic (exact) mass is 378 g/mol. The van der Waals surface area contributed by atoms with E-state index in [1.165, 1.54) is 14.9 Å². The van der Waals surface area contributed by atoms with Crippen LogP contribution in [0, 0.1) is 7.14 Å². The molecule has 0 aromatic carbocycles. The van der Waals surface area contributed by atoms with E-state index in [2.05, 4.69) is 45.2 Å². The third-order valence-electron chi connectivity index (χ3n) is 1.01. The number of carbonyl (C=O) groups is 1. The summed E-state index contributed by atoms with van der Waals surface area (Å²) in [6, 6.07) is 0. The molecule has 0 N–H and O–H groups in total. The van der Waals surface area contributed by atoms with Crippen LogP contribution < -0.4 is 0 Å². The molecule has 1 rings (SSSR count). The number of ketones is 1. The number of hydrogen-bond acceptors (Lipinski definition) is 2. The van der Waals surface area contributed by atoms with E-state index in [1.807, 2.05) is 5.38 Å². The predicted octanol–water partition coefficient (Wildman–Crippen LogP) is 3.16. The second kappa shape index (κ2) is 3.48. The Morgan fingerprint density at radius 2 is 2.20 bits per heavy atom. The maximum atomic E-state index is 10.9. The molecular formula is C6H4I2OS. The fourth-order valence-corrected chi connectivity index (χ4v) is 3.24. The van der Waals surface area contributed by atoms with E-state index < -0.39 is 0 Å². The first-order chi connectivity index (χ1) is 4.63. The van der Waals surface area contributed by atoms with Crippen LogP contribution in [0.1, 0.15) is 16.6 Å². The average Bonchev–Trinajstić information content (AvgIpc) is 2.14. The van der Waals surface area contributed by atoms with Gasteiger partial charge in [-0.2, -0.15) is 0 Å². The highest BCUT2D eigenvalue weighted by atomic mass is 127. The van der Waals surface area contributed by atoms with Crippen LogP contribution in [0.3, 0.4) is 0 Å². The van der Waals surface area contributed by atoms with Crippen LogP contribution in [0.5, 0.6) is 0 Å². The minimum absolute atomic E-state index is 0.164. The molecule has 1 aromatic rings. The number of halogens is 2. The van der Waals surface area contributed by atoms with Crippen molar-refractivity contribution in [2.45, 2.75) is 6.92 Å². The highest BCUT2D eigenvalue weighted by Crippen LogP contribution is 2.25. The van der Waals surface area contributed by atoms with Crippen molar-refractivity contribution in [1.29, 1.82) is 0 Å². The first kappa shape index (κ1) is 8.92. The Bertz CT molecular complexity index is 267. The summed E-state index contributed by atoms with van der Waals surface area (Å²) in [6.45, 7) is 1.60. The van der Waals surface area contributed by atoms with Crippen molar-refractivity contribution < 1.29 is 4.79 Å². The molecule has 0 saturated heterocycles. The Balaban J connectivity index is 3.17. The van der Waals surface area contributed by atoms with Crippen LogP contribution in [-0.2, 0) is 0 Å². The third-order valence-corrected chi connectivity index (χ3v) is 5.88. The molecule has 1 aromatic heterocycles. The molecule has 0 saturated carbocycles. The summed E-state index contributed by atoms with van der Waals surface area (Å²) >= 11 is 5.95. The van der Waals surface area contributed by atoms with Gasteiger partial charge in [-0.15, -0.1) is 11.3 Å². The molecule has 0 aliphatic rings. The van der Waals surface area contributed by atoms with Crippen molar-refractivity contribution in [2.75, 3.05) is 0 Å². The Morgan fingerprint density at radius 1 is 1.60 bits per heavy atom. The summed E-state index contributed by atoms with van der Waals surface area (Å²) < 4.78 is 2.27. The summed E-state index contributed by atoms with van der Waals surface area (Å²) in [7, 11) is 0. The molecule has 0 amide bonds. The standard InChI is InChI=1S/C6H4I2OS/c1-3(9)6-5(8)4(7)2-10-6/h2H,1H3. The third kappa shape index (κ3) is 1.70. The Hall–Kier alpha value is 0.830. The van der Waals surface area contributed by atoms with E-state index >= 15 is 0 Å². The Morgan fingerprint density at radius 3 is 2.40 bits per heavy atom. The number of rotatable bonds is 1. The largest absolute Gasteiger partial charge is 0.294 e. The lowest BCUT2D eigenvalue weighted by Crippen LogP contribution is -1.89. The van der Waals surface area contributed by atoms with Gasteiger partial charge in [0.2, 0.25) is 0 Å². The molecule has 0 unspecified atom stereocenters. The van der Waals surface area contributed by atoms with Crippen LogP contribution in [0.4, 0.5) is 0 Å². The van der Waals surface area contributed by atoms with Gasteiger partial charge in [0.15, 0.2) is 5.78 Å². The number of carbonyl (C=O) groups excluding carboxylic acids is 1. The van der Waals surface area contributed by atoms with Crippen LogP contribution in [-0.4, -0.2) is 5.78 Å². The zero-order valence-corrected chi connectivity index (χ0v) is 10.3. The molecule has 0 spiro atoms. The maximum Gasteiger partial charge on any atom is 0.170 e. The van der Waals surface area contributed by atoms with E-state index in [9.17, 15) is 4.79 Å². The molecule has 1 heterocycles. The quantitative estimate of drug-likeness (QED) is 0.542. The van der Waals surface area contributed by atoms with Crippen LogP contribution >= 0.6 is 56.5 Å². The van der Waals surface area contributed by atoms with E-state index in [0.29, 0.717) is 0 Å². The van der Waals surface area contributed by atoms with Crippen LogP contribution in [0.15, 0.2) is 5.38 Å². The molecule has 4 heteroatoms. The highest BCUT2D eigenvalue weighted by molar-refractivity contribution is 14.1. The molecule has 0 radical (unpaired) electrons. The molecule has 0 aliphatic carbocycles. The summed E-state index contributed by atoms with van der Waals surface area (Å²) in [5, 5.41) is 2.00. The van der Waals surface area contributed by atoms with E-state index in [0.717, 1.165) is 8.45 Å². The van der Waals surface area contributed by atoms with Gasteiger partial charge in [-0.05, 0) is 52.1 Å². The molecule has 54 valence electrons. The lowest BCUT2D eigenvalue weighted by atomic mass is 10.4. The average molecular weight is 378 g/mol. The fourth-order valence-electron chi connectivity index (χ4n) is 0.560. The normalized spacial score (nSPS) is 9.90. The second-order valence-corrected chi connectivity index (χ2v) is 4.90. The van der Waals surface area contributed by atoms with Crippen molar-refractivity contribution in [1.82, 2.24) is 0 Å². The minimum Gasteiger partial charge on any atom is -0.294 e. The fraction of sp³-hybridized carbons (Fsp3) is 0.167. The van der Waals surface area contributed by atoms with Crippen LogP contribution in [0.25, 0.3) is 0 Å². The van der Waals surface area contributed by atoms with Crippen molar-refractivity contribution in [3.05, 3.63) is 17.4 Å². The van der Waals surface area contributed by atoms with Gasteiger partial charge < -0.3 is 0 Å². The number of thiophene rings is 1. The molecule has 1 nitrogen and oxygen atoms in total. The smallest absolute Gasteiger partial charge is 0.170 e. The summed E-state index contributed by atoms with van der Waals surface area (Å²) in [4.78, 5) is 11.8. The van der Waals surface area contributed by atoms with E-state index in [4.69, 9.17) is 0 Å². The molecule has 0 atom stereocenters. The predicted molar refractivity (Wildman–Crippen MR) is 59.8 cm³/mol. The van der Waals surface area contributed by atoms with Crippen molar-refractivity contribution in [3.8, 4) is 0 Å². The maximum absolute atomic E-state index is 10.9. The van der Waals surface area contributed by atoms with Gasteiger partial charge in [-0.1, -0.05) is 0 Å². The van der Waals surface area contributed by atoms with E-state index in [-0.39, 0.29) is 5.78 Å². The van der Waals surface area contributed by atoms with Crippen molar-refractivity contribution in [2.24, 2.45) is 0 Å². The first-order valence-corrected chi connectivity index (χ1v) is 5.60. The van der Waals surface area contributed by atoms with Gasteiger partial charge in [0, 0.05) is 12.5 Å². The van der Waals surface area contributed by atoms with Gasteiger partial charge in [-0.3, -0.25) is 4.79 Å². The van der Waals surface area contributed by atoms with Crippen LogP contribution in [0.2, 0.25) is 0 Å². The van der Waals surface area contributed by atoms with Gasteiger partial charge in [0.25, 0.3) is 0 Å². The summed E-state index contributed by atoms with van der Waals surface area (Å²) in [5.74, 6) is 0.164. The van der Waals surface area contributed by atoms with Gasteiger partial charge in [-0.25, -0.2) is 0 Å². The summed E-state index contributed by atoms with van der Waals surface area (Å²) in [5.41, 5.74) is 0. The van der Waals surface area contributed by atoms with Gasteiger partial charge in [0.1, 0.15) is 0 Å². The molecule has 0 fully saturated rings. The molecule has 0 bridgehead atoms. The lowest BCUT2D eigenvalue weighted by molar-refractivity contribution is 0.102. The topological polar surface area (TPSA) is 17.1 Å². The Labute approximate surface area is 90.5 Å². The SMILES string of the molecule is CC(=O)c1scc(I)c1I. The van der Waals surface area contributed by atoms with Crippen molar-refractivity contribution >= 4 is 62.3 Å². The van der Waals surface area contributed by atoms with Gasteiger partial charge in [0.05, 0.1) is 4.88 Å². The van der Waals surface area contributed by atoms with Gasteiger partial charge >= 0.3 is 0 Å². The first-order valence-electron chi connectivity index (χ1n) is 2.56. The number of Topliss-reactive ketones (excluding diaryl/α,β-unsaturated/α-hetero) is 1. The van der Waals surface area contributed by atoms with E-state index in [1.54, 1.807) is 6.92 Å². The molecule has 10 heavy (non-hydrogen) atoms. The Kier molecular flexibility index (Phi) is 3.11. The highest BCUT2D eigenvalue weighted by Gasteiger charge is 2.09. The zero-order valence-electron chi connectivity index (χ0n) is 5.15. The van der Waals surface area contributed by atoms with Crippen molar-refractivity contribution in [3.63, 3.8) is 0 Å². The number of hydrogen-bond donors (Lipinski definition) is 0. The summed E-state index contributed by atoms with van der Waals surface area (Å²) in [6.07, 6.45) is 0. The molecular weight excluding hydrogens is 374 g/mol.